The van der Waals surface area contributed by atoms with Crippen molar-refractivity contribution < 1.29 is 19.1 Å². The molecule has 1 N–H and O–H groups in total. The standard InChI is InChI=1S/C13H18N2O5/c1-5-19-11(17)9-8-15(7-6-10(9)16)14-12(18)20-13(2,3)4/h6-8H,5H2,1-4H3,(H,14,18). The molecule has 7 heteroatoms. The molecule has 1 rings (SSSR count). The van der Waals surface area contributed by atoms with Crippen molar-refractivity contribution in [1.29, 1.82) is 0 Å². The van der Waals surface area contributed by atoms with Crippen LogP contribution in [0.4, 0.5) is 4.79 Å². The number of esters is 1. The molecule has 0 saturated carbocycles. The molecule has 110 valence electrons. The van der Waals surface area contributed by atoms with Crippen molar-refractivity contribution in [1.82, 2.24) is 4.68 Å². The molecular formula is C13H18N2O5. The van der Waals surface area contributed by atoms with Crippen LogP contribution in [0.5, 0.6) is 0 Å². The highest BCUT2D eigenvalue weighted by atomic mass is 16.6. The molecule has 1 amide bonds. The van der Waals surface area contributed by atoms with E-state index in [9.17, 15) is 14.4 Å². The largest absolute Gasteiger partial charge is 0.462 e. The molecule has 20 heavy (non-hydrogen) atoms. The van der Waals surface area contributed by atoms with Crippen LogP contribution in [0.3, 0.4) is 0 Å². The number of carbonyl (C=O) groups is 2. The van der Waals surface area contributed by atoms with Gasteiger partial charge in [-0.05, 0) is 27.7 Å². The summed E-state index contributed by atoms with van der Waals surface area (Å²) < 4.78 is 11.0. The zero-order valence-corrected chi connectivity index (χ0v) is 11.9. The number of rotatable bonds is 3. The molecule has 0 bridgehead atoms. The third kappa shape index (κ3) is 4.75. The molecule has 0 aliphatic heterocycles. The van der Waals surface area contributed by atoms with E-state index in [1.54, 1.807) is 27.7 Å². The first kappa shape index (κ1) is 15.7. The first-order valence-electron chi connectivity index (χ1n) is 6.12. The van der Waals surface area contributed by atoms with Gasteiger partial charge in [-0.15, -0.1) is 0 Å². The van der Waals surface area contributed by atoms with Crippen LogP contribution in [-0.4, -0.2) is 28.9 Å². The van der Waals surface area contributed by atoms with E-state index in [0.717, 1.165) is 6.07 Å². The van der Waals surface area contributed by atoms with Crippen molar-refractivity contribution in [2.24, 2.45) is 0 Å². The zero-order valence-electron chi connectivity index (χ0n) is 11.9. The molecule has 0 aromatic carbocycles. The minimum Gasteiger partial charge on any atom is -0.462 e. The third-order valence-corrected chi connectivity index (χ3v) is 2.03. The van der Waals surface area contributed by atoms with Crippen LogP contribution in [-0.2, 0) is 9.47 Å². The Balaban J connectivity index is 2.88. The lowest BCUT2D eigenvalue weighted by atomic mass is 10.2. The minimum absolute atomic E-state index is 0.159. The molecule has 7 nitrogen and oxygen atoms in total. The molecule has 0 aliphatic carbocycles. The Hall–Kier alpha value is -2.31. The lowest BCUT2D eigenvalue weighted by Gasteiger charge is -2.20. The Morgan fingerprint density at radius 1 is 1.35 bits per heavy atom. The molecule has 1 heterocycles. The predicted molar refractivity (Wildman–Crippen MR) is 72.3 cm³/mol. The Labute approximate surface area is 116 Å². The Morgan fingerprint density at radius 2 is 2.00 bits per heavy atom. The fourth-order valence-corrected chi connectivity index (χ4v) is 1.32. The molecule has 0 aliphatic rings. The van der Waals surface area contributed by atoms with Crippen molar-refractivity contribution in [2.45, 2.75) is 33.3 Å². The number of amides is 1. The van der Waals surface area contributed by atoms with Gasteiger partial charge in [0, 0.05) is 18.5 Å². The number of carbonyl (C=O) groups excluding carboxylic acids is 2. The Morgan fingerprint density at radius 3 is 2.55 bits per heavy atom. The topological polar surface area (TPSA) is 86.6 Å². The van der Waals surface area contributed by atoms with Gasteiger partial charge in [0.2, 0.25) is 0 Å². The van der Waals surface area contributed by atoms with E-state index in [1.165, 1.54) is 17.1 Å². The smallest absolute Gasteiger partial charge is 0.426 e. The molecular weight excluding hydrogens is 264 g/mol. The van der Waals surface area contributed by atoms with Gasteiger partial charge in [-0.2, -0.15) is 0 Å². The highest BCUT2D eigenvalue weighted by Gasteiger charge is 2.17. The monoisotopic (exact) mass is 282 g/mol. The van der Waals surface area contributed by atoms with Crippen LogP contribution in [0.15, 0.2) is 23.3 Å². The summed E-state index contributed by atoms with van der Waals surface area (Å²) >= 11 is 0. The minimum atomic E-state index is -0.738. The number of pyridine rings is 1. The fourth-order valence-electron chi connectivity index (χ4n) is 1.32. The van der Waals surface area contributed by atoms with Crippen LogP contribution in [0.2, 0.25) is 0 Å². The average molecular weight is 282 g/mol. The lowest BCUT2D eigenvalue weighted by Crippen LogP contribution is -2.32. The summed E-state index contributed by atoms with van der Waals surface area (Å²) in [5.74, 6) is -0.738. The summed E-state index contributed by atoms with van der Waals surface area (Å²) in [6.07, 6.45) is 1.80. The van der Waals surface area contributed by atoms with Gasteiger partial charge in [-0.25, -0.2) is 15.0 Å². The summed E-state index contributed by atoms with van der Waals surface area (Å²) in [6, 6.07) is 1.16. The summed E-state index contributed by atoms with van der Waals surface area (Å²) in [6.45, 7) is 6.97. The second kappa shape index (κ2) is 6.23. The van der Waals surface area contributed by atoms with Crippen LogP contribution in [0.1, 0.15) is 38.1 Å². The number of nitrogens with zero attached hydrogens (tertiary/aromatic N) is 1. The summed E-state index contributed by atoms with van der Waals surface area (Å²) in [7, 11) is 0. The zero-order chi connectivity index (χ0) is 15.3. The quantitative estimate of drug-likeness (QED) is 0.849. The first-order chi connectivity index (χ1) is 9.23. The van der Waals surface area contributed by atoms with Crippen molar-refractivity contribution in [2.75, 3.05) is 12.0 Å². The fraction of sp³-hybridized carbons (Fsp3) is 0.462. The Kier molecular flexibility index (Phi) is 4.90. The van der Waals surface area contributed by atoms with Crippen LogP contribution < -0.4 is 10.9 Å². The maximum Gasteiger partial charge on any atom is 0.426 e. The SMILES string of the molecule is CCOC(=O)c1cn(NC(=O)OC(C)(C)C)ccc1=O. The van der Waals surface area contributed by atoms with Gasteiger partial charge < -0.3 is 9.47 Å². The maximum absolute atomic E-state index is 11.6. The average Bonchev–Trinajstić information content (AvgIpc) is 2.29. The number of hydrogen-bond acceptors (Lipinski definition) is 5. The van der Waals surface area contributed by atoms with E-state index < -0.39 is 23.1 Å². The number of hydrogen-bond donors (Lipinski definition) is 1. The van der Waals surface area contributed by atoms with Crippen molar-refractivity contribution in [3.8, 4) is 0 Å². The first-order valence-corrected chi connectivity index (χ1v) is 6.12. The molecule has 0 radical (unpaired) electrons. The van der Waals surface area contributed by atoms with Gasteiger partial charge in [-0.3, -0.25) is 9.47 Å². The predicted octanol–water partition coefficient (Wildman–Crippen LogP) is 1.50. The van der Waals surface area contributed by atoms with Crippen molar-refractivity contribution in [3.05, 3.63) is 34.2 Å². The van der Waals surface area contributed by atoms with E-state index in [1.807, 2.05) is 0 Å². The number of ether oxygens (including phenoxy) is 2. The molecule has 1 aromatic heterocycles. The second-order valence-corrected chi connectivity index (χ2v) is 4.96. The van der Waals surface area contributed by atoms with E-state index in [-0.39, 0.29) is 12.2 Å². The molecule has 0 saturated heterocycles. The second-order valence-electron chi connectivity index (χ2n) is 4.96. The highest BCUT2D eigenvalue weighted by molar-refractivity contribution is 5.89. The van der Waals surface area contributed by atoms with E-state index in [0.29, 0.717) is 0 Å². The lowest BCUT2D eigenvalue weighted by molar-refractivity contribution is 0.0520. The molecule has 0 fully saturated rings. The van der Waals surface area contributed by atoms with E-state index in [4.69, 9.17) is 9.47 Å². The van der Waals surface area contributed by atoms with Gasteiger partial charge in [0.15, 0.2) is 5.43 Å². The maximum atomic E-state index is 11.6. The van der Waals surface area contributed by atoms with Crippen molar-refractivity contribution >= 4 is 12.1 Å². The van der Waals surface area contributed by atoms with Gasteiger partial charge in [0.1, 0.15) is 11.2 Å². The molecule has 0 spiro atoms. The Bertz CT molecular complexity index is 557. The van der Waals surface area contributed by atoms with Crippen LogP contribution in [0.25, 0.3) is 0 Å². The van der Waals surface area contributed by atoms with Gasteiger partial charge in [0.25, 0.3) is 0 Å². The summed E-state index contributed by atoms with van der Waals surface area (Å²) in [5, 5.41) is 0. The van der Waals surface area contributed by atoms with Gasteiger partial charge in [-0.1, -0.05) is 0 Å². The highest BCUT2D eigenvalue weighted by Crippen LogP contribution is 2.06. The summed E-state index contributed by atoms with van der Waals surface area (Å²) in [5.41, 5.74) is 1.08. The van der Waals surface area contributed by atoms with Gasteiger partial charge in [0.05, 0.1) is 6.61 Å². The molecule has 0 unspecified atom stereocenters. The third-order valence-electron chi connectivity index (χ3n) is 2.03. The van der Waals surface area contributed by atoms with E-state index >= 15 is 0 Å². The van der Waals surface area contributed by atoms with Crippen molar-refractivity contribution in [3.63, 3.8) is 0 Å². The molecule has 0 atom stereocenters. The van der Waals surface area contributed by atoms with Crippen LogP contribution in [0, 0.1) is 0 Å². The summed E-state index contributed by atoms with van der Waals surface area (Å²) in [4.78, 5) is 34.7. The van der Waals surface area contributed by atoms with Crippen LogP contribution >= 0.6 is 0 Å². The molecule has 1 aromatic rings. The number of nitrogens with one attached hydrogen (secondary N) is 1. The van der Waals surface area contributed by atoms with E-state index in [2.05, 4.69) is 5.43 Å². The van der Waals surface area contributed by atoms with Gasteiger partial charge >= 0.3 is 12.1 Å². The normalized spacial score (nSPS) is 10.8. The number of aromatic nitrogens is 1.